The molecule has 2 rings (SSSR count). The van der Waals surface area contributed by atoms with E-state index in [0.29, 0.717) is 36.7 Å². The SMILES string of the molecule is CC(C)CNC(=O)c1cccc(N2CCCCS2(=O)=O)c1. The van der Waals surface area contributed by atoms with Crippen molar-refractivity contribution in [1.82, 2.24) is 5.32 Å². The van der Waals surface area contributed by atoms with Crippen LogP contribution in [0.5, 0.6) is 0 Å². The molecule has 1 fully saturated rings. The highest BCUT2D eigenvalue weighted by molar-refractivity contribution is 7.92. The molecule has 1 N–H and O–H groups in total. The van der Waals surface area contributed by atoms with Crippen LogP contribution in [-0.4, -0.2) is 33.2 Å². The molecule has 1 heterocycles. The molecule has 1 aliphatic heterocycles. The fourth-order valence-electron chi connectivity index (χ4n) is 2.28. The van der Waals surface area contributed by atoms with Crippen molar-refractivity contribution in [3.8, 4) is 0 Å². The Morgan fingerprint density at radius 3 is 2.76 bits per heavy atom. The zero-order chi connectivity index (χ0) is 15.5. The Kier molecular flexibility index (Phi) is 4.88. The van der Waals surface area contributed by atoms with Crippen molar-refractivity contribution >= 4 is 21.6 Å². The fraction of sp³-hybridized carbons (Fsp3) is 0.533. The van der Waals surface area contributed by atoms with Gasteiger partial charge in [0.2, 0.25) is 10.0 Å². The lowest BCUT2D eigenvalue weighted by Gasteiger charge is -2.28. The van der Waals surface area contributed by atoms with Gasteiger partial charge in [-0.2, -0.15) is 0 Å². The van der Waals surface area contributed by atoms with Gasteiger partial charge in [-0.1, -0.05) is 19.9 Å². The number of anilines is 1. The zero-order valence-corrected chi connectivity index (χ0v) is 13.3. The Morgan fingerprint density at radius 2 is 2.10 bits per heavy atom. The van der Waals surface area contributed by atoms with Gasteiger partial charge in [-0.15, -0.1) is 0 Å². The summed E-state index contributed by atoms with van der Waals surface area (Å²) in [6, 6.07) is 6.82. The van der Waals surface area contributed by atoms with Crippen LogP contribution >= 0.6 is 0 Å². The minimum absolute atomic E-state index is 0.167. The van der Waals surface area contributed by atoms with Crippen LogP contribution in [0.15, 0.2) is 24.3 Å². The van der Waals surface area contributed by atoms with E-state index in [-0.39, 0.29) is 11.7 Å². The maximum absolute atomic E-state index is 12.1. The fourth-order valence-corrected chi connectivity index (χ4v) is 3.91. The number of carbonyl (C=O) groups is 1. The normalized spacial score (nSPS) is 17.8. The third-order valence-electron chi connectivity index (χ3n) is 3.42. The van der Waals surface area contributed by atoms with Crippen molar-refractivity contribution in [2.75, 3.05) is 23.1 Å². The molecule has 1 aromatic carbocycles. The quantitative estimate of drug-likeness (QED) is 0.925. The predicted molar refractivity (Wildman–Crippen MR) is 84.0 cm³/mol. The summed E-state index contributed by atoms with van der Waals surface area (Å²) in [6.45, 7) is 5.14. The number of hydrogen-bond acceptors (Lipinski definition) is 3. The molecule has 1 amide bonds. The first-order valence-corrected chi connectivity index (χ1v) is 8.90. The first kappa shape index (κ1) is 15.8. The molecule has 0 radical (unpaired) electrons. The molecule has 1 saturated heterocycles. The van der Waals surface area contributed by atoms with Crippen LogP contribution in [0.1, 0.15) is 37.0 Å². The molecule has 0 unspecified atom stereocenters. The molecule has 116 valence electrons. The largest absolute Gasteiger partial charge is 0.352 e. The molecular weight excluding hydrogens is 288 g/mol. The molecule has 21 heavy (non-hydrogen) atoms. The summed E-state index contributed by atoms with van der Waals surface area (Å²) in [4.78, 5) is 12.1. The lowest BCUT2D eigenvalue weighted by molar-refractivity contribution is 0.0949. The van der Waals surface area contributed by atoms with Crippen LogP contribution in [0.2, 0.25) is 0 Å². The molecule has 6 heteroatoms. The maximum Gasteiger partial charge on any atom is 0.251 e. The lowest BCUT2D eigenvalue weighted by atomic mass is 10.1. The molecule has 0 aliphatic carbocycles. The van der Waals surface area contributed by atoms with Crippen LogP contribution in [0.25, 0.3) is 0 Å². The molecule has 5 nitrogen and oxygen atoms in total. The molecule has 1 aliphatic rings. The molecule has 0 aromatic heterocycles. The first-order valence-electron chi connectivity index (χ1n) is 7.29. The third-order valence-corrected chi connectivity index (χ3v) is 5.29. The highest BCUT2D eigenvalue weighted by Crippen LogP contribution is 2.24. The van der Waals surface area contributed by atoms with Gasteiger partial charge in [-0.3, -0.25) is 9.10 Å². The zero-order valence-electron chi connectivity index (χ0n) is 12.5. The van der Waals surface area contributed by atoms with Gasteiger partial charge in [0.25, 0.3) is 5.91 Å². The third kappa shape index (κ3) is 3.97. The monoisotopic (exact) mass is 310 g/mol. The number of sulfonamides is 1. The number of nitrogens with zero attached hydrogens (tertiary/aromatic N) is 1. The molecule has 0 bridgehead atoms. The number of carbonyl (C=O) groups excluding carboxylic acids is 1. The second-order valence-corrected chi connectivity index (χ2v) is 7.76. The van der Waals surface area contributed by atoms with Crippen molar-refractivity contribution in [3.63, 3.8) is 0 Å². The van der Waals surface area contributed by atoms with Crippen molar-refractivity contribution in [3.05, 3.63) is 29.8 Å². The Labute approximate surface area is 126 Å². The topological polar surface area (TPSA) is 66.5 Å². The van der Waals surface area contributed by atoms with Crippen LogP contribution in [-0.2, 0) is 10.0 Å². The summed E-state index contributed by atoms with van der Waals surface area (Å²) < 4.78 is 25.6. The number of rotatable bonds is 4. The van der Waals surface area contributed by atoms with E-state index in [1.165, 1.54) is 4.31 Å². The van der Waals surface area contributed by atoms with Gasteiger partial charge in [0.15, 0.2) is 0 Å². The predicted octanol–water partition coefficient (Wildman–Crippen LogP) is 2.00. The minimum Gasteiger partial charge on any atom is -0.352 e. The Balaban J connectivity index is 2.19. The van der Waals surface area contributed by atoms with Crippen molar-refractivity contribution < 1.29 is 13.2 Å². The van der Waals surface area contributed by atoms with E-state index in [1.807, 2.05) is 13.8 Å². The second-order valence-electron chi connectivity index (χ2n) is 5.75. The number of nitrogens with one attached hydrogen (secondary N) is 1. The minimum atomic E-state index is -3.24. The summed E-state index contributed by atoms with van der Waals surface area (Å²) in [7, 11) is -3.24. The molecule has 1 aromatic rings. The Hall–Kier alpha value is -1.56. The molecule has 0 atom stereocenters. The van der Waals surface area contributed by atoms with E-state index in [9.17, 15) is 13.2 Å². The van der Waals surface area contributed by atoms with Crippen LogP contribution < -0.4 is 9.62 Å². The van der Waals surface area contributed by atoms with Crippen molar-refractivity contribution in [2.45, 2.75) is 26.7 Å². The van der Waals surface area contributed by atoms with Crippen molar-refractivity contribution in [1.29, 1.82) is 0 Å². The second kappa shape index (κ2) is 6.47. The van der Waals surface area contributed by atoms with Gasteiger partial charge in [0.1, 0.15) is 0 Å². The summed E-state index contributed by atoms with van der Waals surface area (Å²) in [5.41, 5.74) is 1.07. The van der Waals surface area contributed by atoms with Gasteiger partial charge < -0.3 is 5.32 Å². The van der Waals surface area contributed by atoms with Gasteiger partial charge in [0, 0.05) is 18.7 Å². The number of benzene rings is 1. The maximum atomic E-state index is 12.1. The van der Waals surface area contributed by atoms with E-state index < -0.39 is 10.0 Å². The molecule has 0 spiro atoms. The first-order chi connectivity index (χ1) is 9.90. The van der Waals surface area contributed by atoms with E-state index in [2.05, 4.69) is 5.32 Å². The van der Waals surface area contributed by atoms with Gasteiger partial charge >= 0.3 is 0 Å². The van der Waals surface area contributed by atoms with Gasteiger partial charge in [-0.05, 0) is 37.0 Å². The smallest absolute Gasteiger partial charge is 0.251 e. The summed E-state index contributed by atoms with van der Waals surface area (Å²) in [5, 5.41) is 2.84. The average Bonchev–Trinajstić information content (AvgIpc) is 2.44. The summed E-state index contributed by atoms with van der Waals surface area (Å²) in [6.07, 6.45) is 1.55. The Morgan fingerprint density at radius 1 is 1.33 bits per heavy atom. The van der Waals surface area contributed by atoms with E-state index in [0.717, 1.165) is 6.42 Å². The van der Waals surface area contributed by atoms with Crippen molar-refractivity contribution in [2.24, 2.45) is 5.92 Å². The van der Waals surface area contributed by atoms with Gasteiger partial charge in [-0.25, -0.2) is 8.42 Å². The molecule has 0 saturated carbocycles. The van der Waals surface area contributed by atoms with E-state index in [1.54, 1.807) is 24.3 Å². The number of amides is 1. The average molecular weight is 310 g/mol. The van der Waals surface area contributed by atoms with E-state index >= 15 is 0 Å². The summed E-state index contributed by atoms with van der Waals surface area (Å²) >= 11 is 0. The highest BCUT2D eigenvalue weighted by atomic mass is 32.2. The Bertz CT molecular complexity index is 611. The van der Waals surface area contributed by atoms with E-state index in [4.69, 9.17) is 0 Å². The van der Waals surface area contributed by atoms with Crippen LogP contribution in [0.4, 0.5) is 5.69 Å². The molecular formula is C15H22N2O3S. The summed E-state index contributed by atoms with van der Waals surface area (Å²) in [5.74, 6) is 0.385. The van der Waals surface area contributed by atoms with Gasteiger partial charge in [0.05, 0.1) is 11.4 Å². The number of hydrogen-bond donors (Lipinski definition) is 1. The highest BCUT2D eigenvalue weighted by Gasteiger charge is 2.26. The lowest BCUT2D eigenvalue weighted by Crippen LogP contribution is -2.38. The van der Waals surface area contributed by atoms with Crippen LogP contribution in [0, 0.1) is 5.92 Å². The van der Waals surface area contributed by atoms with Crippen LogP contribution in [0.3, 0.4) is 0 Å². The standard InChI is InChI=1S/C15H22N2O3S/c1-12(2)11-16-15(18)13-6-5-7-14(10-13)17-8-3-4-9-21(17,19)20/h5-7,10,12H,3-4,8-9,11H2,1-2H3,(H,16,18).